The number of anilines is 1. The second kappa shape index (κ2) is 20.6. The fourth-order valence-electron chi connectivity index (χ4n) is 11.2. The first-order chi connectivity index (χ1) is 32.6. The Balaban J connectivity index is 0.806. The molecule has 0 bridgehead atoms. The smallest absolute Gasteiger partial charge is 0.329 e. The van der Waals surface area contributed by atoms with Gasteiger partial charge in [-0.15, -0.1) is 0 Å². The van der Waals surface area contributed by atoms with E-state index in [2.05, 4.69) is 64.8 Å². The number of aromatic nitrogens is 2. The summed E-state index contributed by atoms with van der Waals surface area (Å²) in [6, 6.07) is 28.0. The number of rotatable bonds is 18. The van der Waals surface area contributed by atoms with E-state index in [-0.39, 0.29) is 17.2 Å². The molecule has 1 saturated carbocycles. The number of aryl methyl sites for hydroxylation is 2. The van der Waals surface area contributed by atoms with Gasteiger partial charge in [0.2, 0.25) is 5.91 Å². The fraction of sp³-hybridized carbons (Fsp3) is 0.455. The van der Waals surface area contributed by atoms with Crippen LogP contribution in [-0.2, 0) is 34.3 Å². The van der Waals surface area contributed by atoms with E-state index in [1.54, 1.807) is 12.1 Å². The highest BCUT2D eigenvalue weighted by molar-refractivity contribution is 6.30. The molecule has 0 saturated heterocycles. The first-order valence-corrected chi connectivity index (χ1v) is 24.7. The maximum atomic E-state index is 13.1. The highest BCUT2D eigenvalue weighted by Crippen LogP contribution is 2.57. The summed E-state index contributed by atoms with van der Waals surface area (Å²) < 4.78 is 24.3. The molecule has 1 aliphatic heterocycles. The lowest BCUT2D eigenvalue weighted by molar-refractivity contribution is -0.144. The van der Waals surface area contributed by atoms with Crippen molar-refractivity contribution in [3.8, 4) is 34.4 Å². The molecule has 3 aromatic carbocycles. The highest BCUT2D eigenvalue weighted by atomic mass is 35.5. The van der Waals surface area contributed by atoms with Crippen molar-refractivity contribution in [2.45, 2.75) is 114 Å². The van der Waals surface area contributed by atoms with Crippen LogP contribution < -0.4 is 29.6 Å². The van der Waals surface area contributed by atoms with E-state index in [1.165, 1.54) is 27.9 Å². The van der Waals surface area contributed by atoms with Gasteiger partial charge in [-0.1, -0.05) is 55.8 Å². The Morgan fingerprint density at radius 1 is 0.955 bits per heavy atom. The quantitative estimate of drug-likeness (QED) is 0.0727. The molecule has 5 aromatic rings. The van der Waals surface area contributed by atoms with Crippen LogP contribution in [0.1, 0.15) is 112 Å². The molecule has 67 heavy (non-hydrogen) atoms. The molecule has 352 valence electrons. The number of hydrogen-bond donors (Lipinski definition) is 3. The summed E-state index contributed by atoms with van der Waals surface area (Å²) in [6.45, 7) is 7.20. The first-order valence-electron chi connectivity index (χ1n) is 24.3. The van der Waals surface area contributed by atoms with Gasteiger partial charge >= 0.3 is 5.97 Å². The maximum absolute atomic E-state index is 13.1. The fourth-order valence-corrected chi connectivity index (χ4v) is 11.4. The van der Waals surface area contributed by atoms with Gasteiger partial charge in [-0.3, -0.25) is 9.78 Å². The third-order valence-electron chi connectivity index (χ3n) is 14.7. The number of carboxylic acids is 1. The Bertz CT molecular complexity index is 2560. The van der Waals surface area contributed by atoms with Gasteiger partial charge in [0.05, 0.1) is 18.9 Å². The number of halogens is 1. The third kappa shape index (κ3) is 10.5. The average molecular weight is 928 g/mol. The molecule has 1 amide bonds. The summed E-state index contributed by atoms with van der Waals surface area (Å²) in [5.74, 6) is 3.15. The Morgan fingerprint density at radius 2 is 1.81 bits per heavy atom. The predicted octanol–water partition coefficient (Wildman–Crippen LogP) is 10.9. The maximum Gasteiger partial charge on any atom is 0.329 e. The lowest BCUT2D eigenvalue weighted by Gasteiger charge is -2.47. The van der Waals surface area contributed by atoms with Crippen LogP contribution in [0.25, 0.3) is 11.3 Å². The van der Waals surface area contributed by atoms with E-state index in [0.717, 1.165) is 80.5 Å². The van der Waals surface area contributed by atoms with Crippen LogP contribution >= 0.6 is 11.6 Å². The van der Waals surface area contributed by atoms with E-state index in [1.807, 2.05) is 48.7 Å². The summed E-state index contributed by atoms with van der Waals surface area (Å²) in [5.41, 5.74) is 7.44. The van der Waals surface area contributed by atoms with Gasteiger partial charge in [-0.05, 0) is 172 Å². The monoisotopic (exact) mass is 926 g/mol. The number of aliphatic carboxylic acids is 1. The van der Waals surface area contributed by atoms with Gasteiger partial charge in [0.15, 0.2) is 5.75 Å². The molecule has 3 heterocycles. The molecule has 9 rings (SSSR count). The van der Waals surface area contributed by atoms with E-state index in [4.69, 9.17) is 30.5 Å². The summed E-state index contributed by atoms with van der Waals surface area (Å²) in [4.78, 5) is 35.3. The molecule has 0 unspecified atom stereocenters. The Hall–Kier alpha value is -5.81. The number of nitrogens with one attached hydrogen (secondary N) is 2. The number of pyridine rings is 2. The lowest BCUT2D eigenvalue weighted by atomic mass is 9.59. The Kier molecular flexibility index (Phi) is 14.2. The third-order valence-corrected chi connectivity index (χ3v) is 14.9. The number of nitrogens with zero attached hydrogens (tertiary/aromatic N) is 2. The summed E-state index contributed by atoms with van der Waals surface area (Å²) >= 11 is 6.33. The minimum atomic E-state index is -1.11. The van der Waals surface area contributed by atoms with Crippen molar-refractivity contribution in [1.29, 1.82) is 0 Å². The van der Waals surface area contributed by atoms with Crippen molar-refractivity contribution < 1.29 is 33.6 Å². The minimum absolute atomic E-state index is 0.0144. The van der Waals surface area contributed by atoms with Crippen LogP contribution in [-0.4, -0.2) is 65.5 Å². The SMILES string of the molecule is C[C@@H](COc1ccnc2c1[C@H](C)CCC2)C[C@H]1Cc2ccc(OCCCC(=O)NCCCc3cccc(-c4ccc5c(n4)OCCO5)c3)cc2C12CCC(Nc1cccc(Cl)c1)(C(=O)O)CC2. The topological polar surface area (TPSA) is 141 Å². The molecule has 2 aromatic heterocycles. The van der Waals surface area contributed by atoms with Crippen LogP contribution in [0, 0.1) is 11.8 Å². The van der Waals surface area contributed by atoms with Crippen LogP contribution in [0.4, 0.5) is 5.69 Å². The van der Waals surface area contributed by atoms with Crippen molar-refractivity contribution in [1.82, 2.24) is 15.3 Å². The lowest BCUT2D eigenvalue weighted by Crippen LogP contribution is -2.53. The van der Waals surface area contributed by atoms with Gasteiger partial charge in [-0.2, -0.15) is 0 Å². The van der Waals surface area contributed by atoms with Gasteiger partial charge in [0.25, 0.3) is 5.88 Å². The van der Waals surface area contributed by atoms with Crippen molar-refractivity contribution in [3.63, 3.8) is 0 Å². The van der Waals surface area contributed by atoms with E-state index >= 15 is 0 Å². The van der Waals surface area contributed by atoms with Crippen LogP contribution in [0.2, 0.25) is 5.02 Å². The molecule has 0 radical (unpaired) electrons. The summed E-state index contributed by atoms with van der Waals surface area (Å²) in [6.07, 6.45) is 12.1. The average Bonchev–Trinajstić information content (AvgIpc) is 3.62. The second-order valence-electron chi connectivity index (χ2n) is 19.3. The zero-order valence-corrected chi connectivity index (χ0v) is 39.5. The number of carbonyl (C=O) groups excluding carboxylic acids is 1. The van der Waals surface area contributed by atoms with Crippen molar-refractivity contribution in [2.75, 3.05) is 38.3 Å². The largest absolute Gasteiger partial charge is 0.494 e. The normalized spacial score (nSPS) is 22.0. The molecule has 11 nitrogen and oxygen atoms in total. The number of amides is 1. The number of hydrogen-bond acceptors (Lipinski definition) is 9. The zero-order chi connectivity index (χ0) is 46.4. The molecular weight excluding hydrogens is 864 g/mol. The molecule has 1 spiro atoms. The van der Waals surface area contributed by atoms with Gasteiger partial charge < -0.3 is 34.7 Å². The number of carboxylic acid groups (broad SMARTS) is 1. The van der Waals surface area contributed by atoms with E-state index < -0.39 is 11.5 Å². The molecule has 3 N–H and O–H groups in total. The van der Waals surface area contributed by atoms with Crippen molar-refractivity contribution in [3.05, 3.63) is 124 Å². The van der Waals surface area contributed by atoms with Gasteiger partial charge in [-0.25, -0.2) is 9.78 Å². The Labute approximate surface area is 399 Å². The van der Waals surface area contributed by atoms with Crippen molar-refractivity contribution >= 4 is 29.2 Å². The van der Waals surface area contributed by atoms with Crippen LogP contribution in [0.3, 0.4) is 0 Å². The molecule has 1 fully saturated rings. The number of carbonyl (C=O) groups is 2. The second-order valence-corrected chi connectivity index (χ2v) is 19.8. The number of fused-ring (bicyclic) bond motifs is 4. The van der Waals surface area contributed by atoms with E-state index in [0.29, 0.717) is 92.8 Å². The first kappa shape index (κ1) is 46.3. The highest BCUT2D eigenvalue weighted by Gasteiger charge is 2.54. The molecule has 12 heteroatoms. The standard InChI is InChI=1S/C55H63ClN4O7/c1-36(35-67-48-20-26-57-47-14-3-8-37(2)51(47)48)30-41-32-39-16-17-44(34-45(39)54(41)21-23-55(24-22-54,53(62)63)60-43-13-5-12-42(56)33-43)64-27-7-15-50(61)58-25-6-10-38-9-4-11-40(31-38)46-18-19-49-52(59-46)66-29-28-65-49/h4-5,9,11-13,16-20,26,31,33-34,36-37,41,60H,3,6-8,10,14-15,21-25,27-30,32,35H2,1-2H3,(H,58,61)(H,62,63)/t36-,37-,41+,54?,55?/m1/s1. The summed E-state index contributed by atoms with van der Waals surface area (Å²) in [7, 11) is 0. The van der Waals surface area contributed by atoms with Gasteiger partial charge in [0, 0.05) is 46.7 Å². The molecule has 3 aliphatic carbocycles. The number of ether oxygens (including phenoxy) is 4. The van der Waals surface area contributed by atoms with Crippen molar-refractivity contribution in [2.24, 2.45) is 11.8 Å². The summed E-state index contributed by atoms with van der Waals surface area (Å²) in [5, 5.41) is 17.8. The van der Waals surface area contributed by atoms with E-state index in [9.17, 15) is 14.7 Å². The minimum Gasteiger partial charge on any atom is -0.494 e. The predicted molar refractivity (Wildman–Crippen MR) is 261 cm³/mol. The molecular formula is C55H63ClN4O7. The van der Waals surface area contributed by atoms with Crippen LogP contribution in [0.15, 0.2) is 91.1 Å². The van der Waals surface area contributed by atoms with Crippen LogP contribution in [0.5, 0.6) is 23.1 Å². The van der Waals surface area contributed by atoms with Gasteiger partial charge in [0.1, 0.15) is 30.3 Å². The zero-order valence-electron chi connectivity index (χ0n) is 38.8. The number of benzene rings is 3. The Morgan fingerprint density at radius 3 is 2.66 bits per heavy atom. The molecule has 4 aliphatic rings. The molecule has 3 atom stereocenters.